The molecule has 0 amide bonds. The van der Waals surface area contributed by atoms with Crippen molar-refractivity contribution >= 4 is 70.3 Å². The number of fused-ring (bicyclic) bond motifs is 2. The van der Waals surface area contributed by atoms with Crippen LogP contribution in [-0.2, 0) is 0 Å². The summed E-state index contributed by atoms with van der Waals surface area (Å²) in [4.78, 5) is 0. The van der Waals surface area contributed by atoms with Crippen molar-refractivity contribution < 1.29 is 0 Å². The summed E-state index contributed by atoms with van der Waals surface area (Å²) in [5, 5.41) is 19.2. The van der Waals surface area contributed by atoms with Gasteiger partial charge in [0, 0.05) is 43.5 Å². The van der Waals surface area contributed by atoms with Crippen molar-refractivity contribution in [1.82, 2.24) is 0 Å². The summed E-state index contributed by atoms with van der Waals surface area (Å²) in [5.74, 6) is 1.84. The van der Waals surface area contributed by atoms with Gasteiger partial charge in [0.1, 0.15) is 0 Å². The van der Waals surface area contributed by atoms with Crippen molar-refractivity contribution in [3.8, 4) is 33.4 Å². The van der Waals surface area contributed by atoms with Gasteiger partial charge < -0.3 is 10.2 Å². The minimum atomic E-state index is -1.16. The lowest BCUT2D eigenvalue weighted by Gasteiger charge is -2.32. The smallest absolute Gasteiger partial charge is 0.0544 e. The molecule has 0 bridgehead atoms. The normalized spacial score (nSPS) is 12.0. The fraction of sp³-hybridized carbons (Fsp3) is 0.243. The van der Waals surface area contributed by atoms with Gasteiger partial charge in [-0.05, 0) is 114 Å². The van der Waals surface area contributed by atoms with E-state index in [4.69, 9.17) is 0 Å². The highest BCUT2D eigenvalue weighted by Gasteiger charge is 2.32. The third-order valence-electron chi connectivity index (χ3n) is 15.7. The van der Waals surface area contributed by atoms with Crippen LogP contribution in [0.1, 0.15) is 152 Å². The molecule has 0 atom stereocenters. The minimum absolute atomic E-state index is 0.267. The fourth-order valence-corrected chi connectivity index (χ4v) is 15.4. The molecule has 78 heavy (non-hydrogen) atoms. The molecule has 0 aromatic heterocycles. The highest BCUT2D eigenvalue weighted by Crippen LogP contribution is 2.57. The largest absolute Gasteiger partial charge is 0.356 e. The van der Waals surface area contributed by atoms with Crippen LogP contribution in [0.3, 0.4) is 0 Å². The molecule has 0 aliphatic heterocycles. The van der Waals surface area contributed by atoms with Crippen molar-refractivity contribution in [1.29, 1.82) is 0 Å². The lowest BCUT2D eigenvalue weighted by atomic mass is 9.78. The molecule has 0 fully saturated rings. The van der Waals surface area contributed by atoms with Gasteiger partial charge in [-0.2, -0.15) is 0 Å². The summed E-state index contributed by atoms with van der Waals surface area (Å²) in [7, 11) is -2.32. The summed E-state index contributed by atoms with van der Waals surface area (Å²) in [6.07, 6.45) is 0. The van der Waals surface area contributed by atoms with E-state index in [0.29, 0.717) is 11.8 Å². The Kier molecular flexibility index (Phi) is 16.5. The Bertz CT molecular complexity index is 3310. The van der Waals surface area contributed by atoms with Crippen LogP contribution in [-0.4, -0.2) is 0 Å². The van der Waals surface area contributed by atoms with Crippen molar-refractivity contribution in [3.05, 3.63) is 240 Å². The molecule has 2 nitrogen and oxygen atoms in total. The van der Waals surface area contributed by atoms with Crippen molar-refractivity contribution in [3.63, 3.8) is 0 Å². The molecule has 2 N–H and O–H groups in total. The van der Waals surface area contributed by atoms with E-state index < -0.39 is 16.1 Å². The molecule has 394 valence electrons. The molecule has 0 aliphatic carbocycles. The second-order valence-electron chi connectivity index (χ2n) is 23.1. The third kappa shape index (κ3) is 11.0. The quantitative estimate of drug-likeness (QED) is 0.0888. The maximum Gasteiger partial charge on any atom is 0.0544 e. The Morgan fingerprint density at radius 3 is 0.782 bits per heavy atom. The zero-order chi connectivity index (χ0) is 54.8. The van der Waals surface area contributed by atoms with Gasteiger partial charge in [-0.1, -0.05) is 277 Å². The second kappa shape index (κ2) is 23.6. The monoisotopic (exact) mass is 1060 g/mol. The lowest BCUT2D eigenvalue weighted by molar-refractivity contribution is 0.807. The number of nitrogens with one attached hydrogen (secondary N) is 2. The Balaban J connectivity index is 1.47. The first-order valence-corrected chi connectivity index (χ1v) is 31.2. The second-order valence-corrected chi connectivity index (χ2v) is 27.0. The SMILES string of the molecule is CC(C)c1cc(C(C)C)c(-c2cc3ccccc3c(-c3c(NP(c4ccccc4)c4ccccc4)c(-c4c(C(C)C)cc(C(C)C)cc4C(C)C)cc4ccccc34)c2NP(c2ccccc2)c2ccccc2)c(C(C)C)c1. The van der Waals surface area contributed by atoms with E-state index in [1.165, 1.54) is 110 Å². The molecule has 0 heterocycles. The van der Waals surface area contributed by atoms with Gasteiger partial charge >= 0.3 is 0 Å². The van der Waals surface area contributed by atoms with E-state index in [0.717, 1.165) is 11.4 Å². The maximum absolute atomic E-state index is 4.60. The first-order chi connectivity index (χ1) is 37.7. The van der Waals surface area contributed by atoms with Gasteiger partial charge in [-0.15, -0.1) is 0 Å². The van der Waals surface area contributed by atoms with Crippen LogP contribution >= 0.6 is 16.1 Å². The van der Waals surface area contributed by atoms with Gasteiger partial charge in [0.05, 0.1) is 27.5 Å². The van der Waals surface area contributed by atoms with Crippen molar-refractivity contribution in [2.24, 2.45) is 0 Å². The van der Waals surface area contributed by atoms with Crippen LogP contribution in [0.2, 0.25) is 0 Å². The molecule has 0 saturated heterocycles. The van der Waals surface area contributed by atoms with Crippen LogP contribution < -0.4 is 31.4 Å². The third-order valence-corrected chi connectivity index (χ3v) is 19.8. The Morgan fingerprint density at radius 2 is 0.526 bits per heavy atom. The highest BCUT2D eigenvalue weighted by molar-refractivity contribution is 7.74. The van der Waals surface area contributed by atoms with E-state index in [1.54, 1.807) is 0 Å². The predicted octanol–water partition coefficient (Wildman–Crippen LogP) is 20.7. The van der Waals surface area contributed by atoms with Gasteiger partial charge in [-0.3, -0.25) is 0 Å². The van der Waals surface area contributed by atoms with E-state index in [9.17, 15) is 0 Å². The standard InChI is InChI=1S/C74H78N2P2/c1-47(2)55-43-63(49(5)6)69(64(44-55)50(7)8)67-41-53-29-25-27-39-61(53)71(73(67)75-77(57-31-17-13-18-32-57)58-33-19-14-20-34-58)72-62-40-28-26-30-54(62)42-68(70-65(51(9)10)45-56(48(3)4)46-66(70)52(11)12)74(72)76-78(59-35-21-15-22-36-59)60-37-23-16-24-38-60/h13-52,75-76H,1-12H3. The summed E-state index contributed by atoms with van der Waals surface area (Å²) >= 11 is 0. The molecular weight excluding hydrogens is 979 g/mol. The first-order valence-electron chi connectivity index (χ1n) is 28.5. The molecule has 0 saturated carbocycles. The molecule has 0 aliphatic rings. The highest BCUT2D eigenvalue weighted by atomic mass is 31.1. The molecule has 0 radical (unpaired) electrons. The zero-order valence-corrected chi connectivity index (χ0v) is 49.8. The summed E-state index contributed by atoms with van der Waals surface area (Å²) < 4.78 is 0. The van der Waals surface area contributed by atoms with E-state index in [2.05, 4.69) is 300 Å². The molecule has 0 spiro atoms. The Labute approximate surface area is 469 Å². The van der Waals surface area contributed by atoms with E-state index in [1.807, 2.05) is 0 Å². The van der Waals surface area contributed by atoms with Crippen LogP contribution in [0.4, 0.5) is 11.4 Å². The van der Waals surface area contributed by atoms with E-state index in [-0.39, 0.29) is 23.7 Å². The van der Waals surface area contributed by atoms with E-state index >= 15 is 0 Å². The summed E-state index contributed by atoms with van der Waals surface area (Å²) in [6.45, 7) is 28.5. The fourth-order valence-electron chi connectivity index (χ4n) is 11.5. The molecule has 10 aromatic carbocycles. The Hall–Kier alpha value is -6.82. The van der Waals surface area contributed by atoms with Crippen molar-refractivity contribution in [2.75, 3.05) is 10.2 Å². The number of anilines is 2. The average Bonchev–Trinajstić information content (AvgIpc) is 3.49. The molecule has 10 aromatic rings. The molecule has 10 rings (SSSR count). The minimum Gasteiger partial charge on any atom is -0.356 e. The molecular formula is C74H78N2P2. The maximum atomic E-state index is 4.60. The van der Waals surface area contributed by atoms with Gasteiger partial charge in [0.15, 0.2) is 0 Å². The number of hydrogen-bond donors (Lipinski definition) is 2. The topological polar surface area (TPSA) is 24.1 Å². The van der Waals surface area contributed by atoms with Gasteiger partial charge in [-0.25, -0.2) is 0 Å². The first kappa shape index (κ1) is 54.5. The number of hydrogen-bond acceptors (Lipinski definition) is 2. The van der Waals surface area contributed by atoms with Crippen LogP contribution in [0, 0.1) is 0 Å². The zero-order valence-electron chi connectivity index (χ0n) is 48.0. The molecule has 0 unspecified atom stereocenters. The number of benzene rings is 10. The van der Waals surface area contributed by atoms with Gasteiger partial charge in [0.2, 0.25) is 0 Å². The molecule has 4 heteroatoms. The number of rotatable bonds is 17. The summed E-state index contributed by atoms with van der Waals surface area (Å²) in [6, 6.07) is 78.4. The van der Waals surface area contributed by atoms with Crippen molar-refractivity contribution in [2.45, 2.75) is 119 Å². The van der Waals surface area contributed by atoms with Crippen LogP contribution in [0.5, 0.6) is 0 Å². The predicted molar refractivity (Wildman–Crippen MR) is 348 cm³/mol. The Morgan fingerprint density at radius 1 is 0.269 bits per heavy atom. The lowest BCUT2D eigenvalue weighted by Crippen LogP contribution is -2.19. The van der Waals surface area contributed by atoms with Crippen LogP contribution in [0.15, 0.2) is 206 Å². The van der Waals surface area contributed by atoms with Gasteiger partial charge in [0.25, 0.3) is 0 Å². The average molecular weight is 1060 g/mol. The summed E-state index contributed by atoms with van der Waals surface area (Å²) in [5.41, 5.74) is 18.3. The van der Waals surface area contributed by atoms with Crippen LogP contribution in [0.25, 0.3) is 54.9 Å².